The van der Waals surface area contributed by atoms with Gasteiger partial charge in [0.1, 0.15) is 5.75 Å². The fourth-order valence-corrected chi connectivity index (χ4v) is 1.44. The van der Waals surface area contributed by atoms with Gasteiger partial charge >= 0.3 is 0 Å². The highest BCUT2D eigenvalue weighted by molar-refractivity contribution is 6.30. The van der Waals surface area contributed by atoms with E-state index in [2.05, 4.69) is 20.3 Å². The number of ether oxygens (including phenoxy) is 1. The molecule has 0 fully saturated rings. The van der Waals surface area contributed by atoms with Gasteiger partial charge in [0.05, 0.1) is 11.2 Å². The molecular formula is C11H11ClN4O. The highest BCUT2D eigenvalue weighted by Crippen LogP contribution is 2.22. The van der Waals surface area contributed by atoms with Gasteiger partial charge in [-0.1, -0.05) is 11.6 Å². The molecule has 17 heavy (non-hydrogen) atoms. The molecule has 6 heteroatoms. The Morgan fingerprint density at radius 3 is 2.76 bits per heavy atom. The minimum absolute atomic E-state index is 0.450. The molecule has 0 saturated heterocycles. The predicted octanol–water partition coefficient (Wildman–Crippen LogP) is 2.67. The summed E-state index contributed by atoms with van der Waals surface area (Å²) in [6, 6.07) is 3.41. The summed E-state index contributed by atoms with van der Waals surface area (Å²) in [4.78, 5) is 12.3. The molecule has 0 aliphatic carbocycles. The third-order valence-corrected chi connectivity index (χ3v) is 2.16. The van der Waals surface area contributed by atoms with E-state index in [-0.39, 0.29) is 0 Å². The molecule has 0 aliphatic heterocycles. The van der Waals surface area contributed by atoms with Crippen LogP contribution in [-0.2, 0) is 0 Å². The number of rotatable bonds is 3. The van der Waals surface area contributed by atoms with E-state index >= 15 is 0 Å². The van der Waals surface area contributed by atoms with E-state index in [9.17, 15) is 0 Å². The zero-order valence-corrected chi connectivity index (χ0v) is 10.2. The Hall–Kier alpha value is -1.88. The van der Waals surface area contributed by atoms with Crippen LogP contribution in [0.15, 0.2) is 24.5 Å². The van der Waals surface area contributed by atoms with Crippen molar-refractivity contribution in [2.75, 3.05) is 12.4 Å². The largest absolute Gasteiger partial charge is 0.437 e. The third-order valence-electron chi connectivity index (χ3n) is 1.96. The van der Waals surface area contributed by atoms with E-state index in [0.717, 1.165) is 5.69 Å². The lowest BCUT2D eigenvalue weighted by atomic mass is 10.4. The monoisotopic (exact) mass is 250 g/mol. The second kappa shape index (κ2) is 4.97. The Kier molecular flexibility index (Phi) is 3.39. The quantitative estimate of drug-likeness (QED) is 0.908. The number of aryl methyl sites for hydroxylation is 1. The van der Waals surface area contributed by atoms with Crippen molar-refractivity contribution in [1.82, 2.24) is 15.0 Å². The van der Waals surface area contributed by atoms with E-state index in [1.165, 1.54) is 0 Å². The van der Waals surface area contributed by atoms with Gasteiger partial charge < -0.3 is 10.1 Å². The van der Waals surface area contributed by atoms with Crippen molar-refractivity contribution >= 4 is 17.5 Å². The molecule has 0 bridgehead atoms. The Balaban J connectivity index is 2.26. The summed E-state index contributed by atoms with van der Waals surface area (Å²) in [6.07, 6.45) is 3.11. The predicted molar refractivity (Wildman–Crippen MR) is 65.6 cm³/mol. The average molecular weight is 251 g/mol. The van der Waals surface area contributed by atoms with Crippen LogP contribution in [0.1, 0.15) is 5.69 Å². The molecule has 2 rings (SSSR count). The van der Waals surface area contributed by atoms with Gasteiger partial charge in [0.2, 0.25) is 11.8 Å². The molecule has 0 unspecified atom stereocenters. The van der Waals surface area contributed by atoms with Gasteiger partial charge in [-0.05, 0) is 6.92 Å². The smallest absolute Gasteiger partial charge is 0.225 e. The summed E-state index contributed by atoms with van der Waals surface area (Å²) in [5.74, 6) is 1.50. The SMILES string of the molecule is CNc1nc(C)cc(Oc2cncc(Cl)c2)n1. The van der Waals surface area contributed by atoms with Crippen LogP contribution in [0.2, 0.25) is 5.02 Å². The summed E-state index contributed by atoms with van der Waals surface area (Å²) in [6.45, 7) is 1.87. The first kappa shape index (κ1) is 11.6. The highest BCUT2D eigenvalue weighted by Gasteiger charge is 2.04. The van der Waals surface area contributed by atoms with Crippen molar-refractivity contribution in [3.05, 3.63) is 35.2 Å². The zero-order valence-electron chi connectivity index (χ0n) is 9.44. The van der Waals surface area contributed by atoms with Crippen LogP contribution >= 0.6 is 11.6 Å². The lowest BCUT2D eigenvalue weighted by molar-refractivity contribution is 0.459. The number of pyridine rings is 1. The van der Waals surface area contributed by atoms with Crippen LogP contribution in [0.3, 0.4) is 0 Å². The number of halogens is 1. The first-order chi connectivity index (χ1) is 8.17. The third kappa shape index (κ3) is 3.04. The fraction of sp³-hybridized carbons (Fsp3) is 0.182. The number of hydrogen-bond donors (Lipinski definition) is 1. The molecule has 5 nitrogen and oxygen atoms in total. The average Bonchev–Trinajstić information content (AvgIpc) is 2.28. The van der Waals surface area contributed by atoms with E-state index in [1.54, 1.807) is 31.6 Å². The van der Waals surface area contributed by atoms with Gasteiger partial charge in [-0.3, -0.25) is 4.98 Å². The molecule has 2 aromatic heterocycles. The van der Waals surface area contributed by atoms with Crippen LogP contribution in [-0.4, -0.2) is 22.0 Å². The Bertz CT molecular complexity index is 533. The van der Waals surface area contributed by atoms with Crippen molar-refractivity contribution < 1.29 is 4.74 Å². The van der Waals surface area contributed by atoms with Gasteiger partial charge in [-0.2, -0.15) is 4.98 Å². The molecule has 0 saturated carbocycles. The maximum Gasteiger partial charge on any atom is 0.225 e. The summed E-state index contributed by atoms with van der Waals surface area (Å²) >= 11 is 5.81. The molecule has 0 amide bonds. The van der Waals surface area contributed by atoms with Crippen LogP contribution in [0.4, 0.5) is 5.95 Å². The molecule has 0 radical (unpaired) electrons. The van der Waals surface area contributed by atoms with E-state index in [0.29, 0.717) is 22.6 Å². The summed E-state index contributed by atoms with van der Waals surface area (Å²) in [5.41, 5.74) is 0.814. The summed E-state index contributed by atoms with van der Waals surface area (Å²) in [5, 5.41) is 3.38. The lowest BCUT2D eigenvalue weighted by Gasteiger charge is -2.07. The molecule has 1 N–H and O–H groups in total. The van der Waals surface area contributed by atoms with Gasteiger partial charge in [-0.25, -0.2) is 4.98 Å². The van der Waals surface area contributed by atoms with Crippen molar-refractivity contribution in [3.8, 4) is 11.6 Å². The molecule has 0 aromatic carbocycles. The van der Waals surface area contributed by atoms with Crippen molar-refractivity contribution in [2.45, 2.75) is 6.92 Å². The van der Waals surface area contributed by atoms with E-state index < -0.39 is 0 Å². The van der Waals surface area contributed by atoms with E-state index in [4.69, 9.17) is 16.3 Å². The first-order valence-electron chi connectivity index (χ1n) is 4.99. The van der Waals surface area contributed by atoms with Crippen molar-refractivity contribution in [2.24, 2.45) is 0 Å². The molecule has 0 atom stereocenters. The molecule has 0 spiro atoms. The van der Waals surface area contributed by atoms with Crippen LogP contribution in [0.5, 0.6) is 11.6 Å². The molecule has 88 valence electrons. The van der Waals surface area contributed by atoms with E-state index in [1.807, 2.05) is 6.92 Å². The van der Waals surface area contributed by atoms with Gasteiger partial charge in [0.25, 0.3) is 0 Å². The Morgan fingerprint density at radius 2 is 2.06 bits per heavy atom. The number of nitrogens with zero attached hydrogens (tertiary/aromatic N) is 3. The summed E-state index contributed by atoms with van der Waals surface area (Å²) in [7, 11) is 1.75. The van der Waals surface area contributed by atoms with Crippen LogP contribution in [0, 0.1) is 6.92 Å². The molecule has 2 aromatic rings. The fourth-order valence-electron chi connectivity index (χ4n) is 1.27. The van der Waals surface area contributed by atoms with Gasteiger partial charge in [0.15, 0.2) is 0 Å². The Labute approximate surface area is 104 Å². The normalized spacial score (nSPS) is 10.1. The molecule has 0 aliphatic rings. The Morgan fingerprint density at radius 1 is 1.24 bits per heavy atom. The van der Waals surface area contributed by atoms with Gasteiger partial charge in [0, 0.05) is 31.1 Å². The standard InChI is InChI=1S/C11H11ClN4O/c1-7-3-10(16-11(13-2)15-7)17-9-4-8(12)5-14-6-9/h3-6H,1-2H3,(H,13,15,16). The topological polar surface area (TPSA) is 59.9 Å². The van der Waals surface area contributed by atoms with Crippen LogP contribution < -0.4 is 10.1 Å². The van der Waals surface area contributed by atoms with Crippen LogP contribution in [0.25, 0.3) is 0 Å². The zero-order chi connectivity index (χ0) is 12.3. The minimum Gasteiger partial charge on any atom is -0.437 e. The number of nitrogens with one attached hydrogen (secondary N) is 1. The molecular weight excluding hydrogens is 240 g/mol. The van der Waals surface area contributed by atoms with Crippen molar-refractivity contribution in [3.63, 3.8) is 0 Å². The maximum absolute atomic E-state index is 5.81. The highest BCUT2D eigenvalue weighted by atomic mass is 35.5. The lowest BCUT2D eigenvalue weighted by Crippen LogP contribution is -1.99. The second-order valence-electron chi connectivity index (χ2n) is 3.36. The number of aromatic nitrogens is 3. The molecule has 2 heterocycles. The number of anilines is 1. The van der Waals surface area contributed by atoms with Crippen molar-refractivity contribution in [1.29, 1.82) is 0 Å². The van der Waals surface area contributed by atoms with Gasteiger partial charge in [-0.15, -0.1) is 0 Å². The maximum atomic E-state index is 5.81. The second-order valence-corrected chi connectivity index (χ2v) is 3.80. The summed E-state index contributed by atoms with van der Waals surface area (Å²) < 4.78 is 5.54. The minimum atomic E-state index is 0.450. The number of hydrogen-bond acceptors (Lipinski definition) is 5. The first-order valence-corrected chi connectivity index (χ1v) is 5.37.